The molecule has 1 N–H and O–H groups in total. The number of hydrogen-bond donors (Lipinski definition) is 1. The van der Waals surface area contributed by atoms with Crippen LogP contribution in [0.25, 0.3) is 0 Å². The number of hydrogen-bond acceptors (Lipinski definition) is 2. The first kappa shape index (κ1) is 8.04. The van der Waals surface area contributed by atoms with Crippen LogP contribution in [0.5, 0.6) is 0 Å². The molecule has 0 fully saturated rings. The maximum atomic E-state index is 11.6. The Labute approximate surface area is 75.5 Å². The van der Waals surface area contributed by atoms with Crippen molar-refractivity contribution in [3.05, 3.63) is 23.5 Å². The third kappa shape index (κ3) is 1.14. The van der Waals surface area contributed by atoms with Crippen molar-refractivity contribution in [3.63, 3.8) is 0 Å². The highest BCUT2D eigenvalue weighted by atomic mass is 16.2. The first-order valence-corrected chi connectivity index (χ1v) is 4.16. The Hall–Kier alpha value is -1.58. The molecule has 1 aliphatic rings. The maximum absolute atomic E-state index is 11.6. The largest absolute Gasteiger partial charge is 0.358 e. The first-order chi connectivity index (χ1) is 6.20. The van der Waals surface area contributed by atoms with Crippen LogP contribution in [0.4, 0.5) is 0 Å². The van der Waals surface area contributed by atoms with Gasteiger partial charge in [-0.25, -0.2) is 0 Å². The van der Waals surface area contributed by atoms with Gasteiger partial charge in [-0.1, -0.05) is 0 Å². The number of Topliss-reactive ketones (excluding diaryl/α,β-unsaturated/α-hetero) is 1. The Morgan fingerprint density at radius 3 is 3.00 bits per heavy atom. The second-order valence-corrected chi connectivity index (χ2v) is 3.17. The van der Waals surface area contributed by atoms with E-state index in [2.05, 4.69) is 4.98 Å². The fourth-order valence-electron chi connectivity index (χ4n) is 1.48. The van der Waals surface area contributed by atoms with E-state index in [0.717, 1.165) is 0 Å². The minimum absolute atomic E-state index is 0.0118. The molecule has 0 radical (unpaired) electrons. The lowest BCUT2D eigenvalue weighted by atomic mass is 10.1. The van der Waals surface area contributed by atoms with Crippen LogP contribution in [0.1, 0.15) is 27.3 Å². The molecule has 68 valence electrons. The van der Waals surface area contributed by atoms with Crippen molar-refractivity contribution in [1.29, 1.82) is 0 Å². The second kappa shape index (κ2) is 2.73. The van der Waals surface area contributed by atoms with E-state index < -0.39 is 0 Å². The van der Waals surface area contributed by atoms with E-state index >= 15 is 0 Å². The van der Waals surface area contributed by atoms with Gasteiger partial charge < -0.3 is 9.88 Å². The fourth-order valence-corrected chi connectivity index (χ4v) is 1.48. The van der Waals surface area contributed by atoms with E-state index in [1.165, 1.54) is 0 Å². The summed E-state index contributed by atoms with van der Waals surface area (Å²) in [6, 6.07) is 1.65. The summed E-state index contributed by atoms with van der Waals surface area (Å²) in [5, 5.41) is 0. The lowest BCUT2D eigenvalue weighted by molar-refractivity contribution is 0.0798. The van der Waals surface area contributed by atoms with E-state index in [0.29, 0.717) is 24.2 Å². The predicted molar refractivity (Wildman–Crippen MR) is 46.7 cm³/mol. The Bertz CT molecular complexity index is 367. The molecule has 0 spiro atoms. The number of nitrogens with one attached hydrogen (secondary N) is 1. The van der Waals surface area contributed by atoms with Gasteiger partial charge in [0.05, 0.1) is 11.3 Å². The van der Waals surface area contributed by atoms with Crippen molar-refractivity contribution < 1.29 is 9.59 Å². The Kier molecular flexibility index (Phi) is 1.69. The molecule has 2 rings (SSSR count). The van der Waals surface area contributed by atoms with E-state index in [9.17, 15) is 9.59 Å². The molecule has 2 heterocycles. The monoisotopic (exact) mass is 178 g/mol. The van der Waals surface area contributed by atoms with Crippen LogP contribution in [-0.2, 0) is 0 Å². The van der Waals surface area contributed by atoms with Gasteiger partial charge in [-0.2, -0.15) is 0 Å². The van der Waals surface area contributed by atoms with Crippen LogP contribution in [-0.4, -0.2) is 35.2 Å². The van der Waals surface area contributed by atoms with Gasteiger partial charge in [0.25, 0.3) is 5.91 Å². The molecular formula is C9H10N2O2. The van der Waals surface area contributed by atoms with Gasteiger partial charge in [-0.3, -0.25) is 9.59 Å². The molecule has 0 bridgehead atoms. The molecule has 0 aliphatic carbocycles. The van der Waals surface area contributed by atoms with Crippen molar-refractivity contribution >= 4 is 11.7 Å². The molecule has 4 heteroatoms. The average molecular weight is 178 g/mol. The summed E-state index contributed by atoms with van der Waals surface area (Å²) >= 11 is 0. The van der Waals surface area contributed by atoms with Gasteiger partial charge in [0.2, 0.25) is 0 Å². The number of carbonyl (C=O) groups is 2. The normalized spacial score (nSPS) is 17.2. The molecule has 0 atom stereocenters. The Morgan fingerprint density at radius 2 is 2.23 bits per heavy atom. The summed E-state index contributed by atoms with van der Waals surface area (Å²) in [4.78, 5) is 27.4. The molecular weight excluding hydrogens is 168 g/mol. The van der Waals surface area contributed by atoms with Gasteiger partial charge in [0.1, 0.15) is 0 Å². The number of nitrogens with zero attached hydrogens (tertiary/aromatic N) is 1. The summed E-state index contributed by atoms with van der Waals surface area (Å²) < 4.78 is 0. The SMILES string of the molecule is CN1CCC(=O)c2[nH]ccc2C1=O. The van der Waals surface area contributed by atoms with E-state index in [1.54, 1.807) is 24.2 Å². The predicted octanol–water partition coefficient (Wildman–Crippen LogP) is 0.673. The number of H-pyrrole nitrogens is 1. The van der Waals surface area contributed by atoms with Crippen LogP contribution in [0.2, 0.25) is 0 Å². The number of ketones is 1. The maximum Gasteiger partial charge on any atom is 0.255 e. The lowest BCUT2D eigenvalue weighted by Gasteiger charge is -2.12. The van der Waals surface area contributed by atoms with E-state index in [-0.39, 0.29) is 11.7 Å². The molecule has 4 nitrogen and oxygen atoms in total. The van der Waals surface area contributed by atoms with Crippen molar-refractivity contribution in [3.8, 4) is 0 Å². The zero-order valence-corrected chi connectivity index (χ0v) is 7.33. The third-order valence-corrected chi connectivity index (χ3v) is 2.28. The molecule has 0 saturated heterocycles. The number of aromatic amines is 1. The topological polar surface area (TPSA) is 53.2 Å². The van der Waals surface area contributed by atoms with E-state index in [4.69, 9.17) is 0 Å². The molecule has 1 aromatic heterocycles. The molecule has 0 saturated carbocycles. The van der Waals surface area contributed by atoms with Crippen LogP contribution in [0, 0.1) is 0 Å². The highest BCUT2D eigenvalue weighted by molar-refractivity contribution is 6.08. The van der Waals surface area contributed by atoms with Gasteiger partial charge in [-0.05, 0) is 6.07 Å². The van der Waals surface area contributed by atoms with Gasteiger partial charge in [-0.15, -0.1) is 0 Å². The highest BCUT2D eigenvalue weighted by Crippen LogP contribution is 2.15. The van der Waals surface area contributed by atoms with Crippen molar-refractivity contribution in [1.82, 2.24) is 9.88 Å². The number of aromatic nitrogens is 1. The van der Waals surface area contributed by atoms with Crippen LogP contribution in [0.3, 0.4) is 0 Å². The van der Waals surface area contributed by atoms with Crippen LogP contribution >= 0.6 is 0 Å². The summed E-state index contributed by atoms with van der Waals surface area (Å²) in [5.74, 6) is -0.0696. The molecule has 1 aromatic rings. The third-order valence-electron chi connectivity index (χ3n) is 2.28. The fraction of sp³-hybridized carbons (Fsp3) is 0.333. The van der Waals surface area contributed by atoms with Gasteiger partial charge in [0, 0.05) is 26.2 Å². The van der Waals surface area contributed by atoms with Crippen molar-refractivity contribution in [2.75, 3.05) is 13.6 Å². The van der Waals surface area contributed by atoms with Gasteiger partial charge >= 0.3 is 0 Å². The molecule has 1 aliphatic heterocycles. The Balaban J connectivity index is 2.52. The van der Waals surface area contributed by atoms with Crippen molar-refractivity contribution in [2.45, 2.75) is 6.42 Å². The summed E-state index contributed by atoms with van der Waals surface area (Å²) in [5.41, 5.74) is 0.944. The minimum atomic E-state index is -0.0814. The number of rotatable bonds is 0. The number of carbonyl (C=O) groups excluding carboxylic acids is 2. The number of fused-ring (bicyclic) bond motifs is 1. The molecule has 0 unspecified atom stereocenters. The quantitative estimate of drug-likeness (QED) is 0.635. The molecule has 0 aromatic carbocycles. The number of amides is 1. The van der Waals surface area contributed by atoms with E-state index in [1.807, 2.05) is 0 Å². The summed E-state index contributed by atoms with van der Waals surface area (Å²) in [7, 11) is 1.71. The molecule has 13 heavy (non-hydrogen) atoms. The first-order valence-electron chi connectivity index (χ1n) is 4.16. The highest BCUT2D eigenvalue weighted by Gasteiger charge is 2.25. The van der Waals surface area contributed by atoms with Gasteiger partial charge in [0.15, 0.2) is 5.78 Å². The zero-order chi connectivity index (χ0) is 9.42. The standard InChI is InChI=1S/C9H10N2O2/c1-11-5-3-7(12)8-6(9(11)13)2-4-10-8/h2,4,10H,3,5H2,1H3. The van der Waals surface area contributed by atoms with Crippen LogP contribution in [0.15, 0.2) is 12.3 Å². The van der Waals surface area contributed by atoms with Crippen molar-refractivity contribution in [2.24, 2.45) is 0 Å². The molecule has 1 amide bonds. The smallest absolute Gasteiger partial charge is 0.255 e. The summed E-state index contributed by atoms with van der Waals surface area (Å²) in [6.45, 7) is 0.500. The minimum Gasteiger partial charge on any atom is -0.358 e. The summed E-state index contributed by atoms with van der Waals surface area (Å²) in [6.07, 6.45) is 2.02. The zero-order valence-electron chi connectivity index (χ0n) is 7.33. The Morgan fingerprint density at radius 1 is 1.46 bits per heavy atom. The van der Waals surface area contributed by atoms with Crippen LogP contribution < -0.4 is 0 Å². The lowest BCUT2D eigenvalue weighted by Crippen LogP contribution is -2.26. The second-order valence-electron chi connectivity index (χ2n) is 3.17. The average Bonchev–Trinajstić information content (AvgIpc) is 2.57.